The third-order valence-electron chi connectivity index (χ3n) is 5.31. The molecule has 0 amide bonds. The first-order chi connectivity index (χ1) is 13.8. The summed E-state index contributed by atoms with van der Waals surface area (Å²) in [5, 5.41) is 10.8. The van der Waals surface area contributed by atoms with Crippen LogP contribution < -0.4 is 16.0 Å². The maximum absolute atomic E-state index is 4.90. The first kappa shape index (κ1) is 23.4. The Kier molecular flexibility index (Phi) is 9.18. The minimum Gasteiger partial charge on any atom is -0.357 e. The summed E-state index contributed by atoms with van der Waals surface area (Å²) in [6.07, 6.45) is 2.29. The van der Waals surface area contributed by atoms with Crippen LogP contribution in [-0.4, -0.2) is 55.2 Å². The van der Waals surface area contributed by atoms with Crippen molar-refractivity contribution in [1.29, 1.82) is 0 Å². The molecule has 0 spiro atoms. The molecular formula is C24H41N5. The summed E-state index contributed by atoms with van der Waals surface area (Å²) >= 11 is 0. The van der Waals surface area contributed by atoms with Crippen molar-refractivity contribution in [1.82, 2.24) is 20.9 Å². The number of rotatable bonds is 9. The lowest BCUT2D eigenvalue weighted by Crippen LogP contribution is -2.50. The lowest BCUT2D eigenvalue weighted by Gasteiger charge is -2.33. The van der Waals surface area contributed by atoms with Crippen molar-refractivity contribution in [3.05, 3.63) is 48.0 Å². The normalized spacial score (nSPS) is 17.8. The maximum atomic E-state index is 4.90. The van der Waals surface area contributed by atoms with Gasteiger partial charge in [-0.2, -0.15) is 0 Å². The molecule has 2 rings (SSSR count). The smallest absolute Gasteiger partial charge is 0.191 e. The molecule has 0 aliphatic carbocycles. The highest BCUT2D eigenvalue weighted by atomic mass is 15.2. The van der Waals surface area contributed by atoms with Crippen molar-refractivity contribution >= 4 is 5.96 Å². The molecule has 1 aromatic carbocycles. The Morgan fingerprint density at radius 1 is 1.24 bits per heavy atom. The number of likely N-dealkylation sites (tertiary alicyclic amines) is 1. The predicted molar refractivity (Wildman–Crippen MR) is 125 cm³/mol. The summed E-state index contributed by atoms with van der Waals surface area (Å²) in [6, 6.07) is 11.3. The van der Waals surface area contributed by atoms with E-state index in [9.17, 15) is 0 Å². The Morgan fingerprint density at radius 2 is 1.90 bits per heavy atom. The molecule has 0 bridgehead atoms. The third-order valence-corrected chi connectivity index (χ3v) is 5.31. The van der Waals surface area contributed by atoms with Crippen LogP contribution in [0, 0.1) is 0 Å². The van der Waals surface area contributed by atoms with E-state index in [1.165, 1.54) is 11.1 Å². The minimum absolute atomic E-state index is 0.0948. The number of hydrogen-bond donors (Lipinski definition) is 3. The number of nitrogens with zero attached hydrogens (tertiary/aromatic N) is 2. The summed E-state index contributed by atoms with van der Waals surface area (Å²) in [6.45, 7) is 19.7. The third kappa shape index (κ3) is 8.58. The minimum atomic E-state index is -0.0948. The fourth-order valence-electron chi connectivity index (χ4n) is 3.86. The molecule has 1 saturated heterocycles. The van der Waals surface area contributed by atoms with Gasteiger partial charge in [0.1, 0.15) is 0 Å². The SMILES string of the molecule is C=C(C)CN1CCC(NC(=NCC(C)(C)NC(C)c2ccccc2)NCC)CC1. The maximum Gasteiger partial charge on any atom is 0.191 e. The van der Waals surface area contributed by atoms with Gasteiger partial charge in [-0.15, -0.1) is 0 Å². The van der Waals surface area contributed by atoms with Gasteiger partial charge in [-0.05, 0) is 53.0 Å². The Morgan fingerprint density at radius 3 is 2.48 bits per heavy atom. The molecule has 1 aliphatic heterocycles. The Balaban J connectivity index is 1.88. The van der Waals surface area contributed by atoms with E-state index in [1.807, 2.05) is 0 Å². The van der Waals surface area contributed by atoms with Crippen molar-refractivity contribution < 1.29 is 0 Å². The summed E-state index contributed by atoms with van der Waals surface area (Å²) < 4.78 is 0. The quantitative estimate of drug-likeness (QED) is 0.337. The van der Waals surface area contributed by atoms with Crippen molar-refractivity contribution in [2.75, 3.05) is 32.7 Å². The largest absolute Gasteiger partial charge is 0.357 e. The van der Waals surface area contributed by atoms with Crippen LogP contribution >= 0.6 is 0 Å². The van der Waals surface area contributed by atoms with Gasteiger partial charge in [-0.1, -0.05) is 42.5 Å². The first-order valence-corrected chi connectivity index (χ1v) is 11.0. The van der Waals surface area contributed by atoms with E-state index in [4.69, 9.17) is 4.99 Å². The predicted octanol–water partition coefficient (Wildman–Crippen LogP) is 3.71. The van der Waals surface area contributed by atoms with E-state index in [0.29, 0.717) is 12.6 Å². The molecular weight excluding hydrogens is 358 g/mol. The number of piperidine rings is 1. The van der Waals surface area contributed by atoms with Gasteiger partial charge in [0.2, 0.25) is 0 Å². The second-order valence-corrected chi connectivity index (χ2v) is 9.01. The van der Waals surface area contributed by atoms with Crippen molar-refractivity contribution in [3.63, 3.8) is 0 Å². The van der Waals surface area contributed by atoms with Crippen molar-refractivity contribution in [2.45, 2.75) is 65.1 Å². The van der Waals surface area contributed by atoms with Gasteiger partial charge in [0.25, 0.3) is 0 Å². The van der Waals surface area contributed by atoms with Crippen molar-refractivity contribution in [3.8, 4) is 0 Å². The molecule has 1 aromatic rings. The Labute approximate surface area is 178 Å². The highest BCUT2D eigenvalue weighted by molar-refractivity contribution is 5.80. The molecule has 3 N–H and O–H groups in total. The lowest BCUT2D eigenvalue weighted by molar-refractivity contribution is 0.221. The Hall–Kier alpha value is -1.85. The fraction of sp³-hybridized carbons (Fsp3) is 0.625. The summed E-state index contributed by atoms with van der Waals surface area (Å²) in [7, 11) is 0. The molecule has 1 fully saturated rings. The number of aliphatic imine (C=N–C) groups is 1. The van der Waals surface area contributed by atoms with Crippen molar-refractivity contribution in [2.24, 2.45) is 4.99 Å². The van der Waals surface area contributed by atoms with Gasteiger partial charge >= 0.3 is 0 Å². The molecule has 0 aromatic heterocycles. The molecule has 1 heterocycles. The van der Waals surface area contributed by atoms with Crippen LogP contribution in [0.4, 0.5) is 0 Å². The standard InChI is InChI=1S/C24H41N5/c1-7-25-23(27-22-13-15-29(16-14-22)17-19(2)3)26-18-24(5,6)28-20(4)21-11-9-8-10-12-21/h8-12,20,22,28H,2,7,13-18H2,1,3-6H3,(H2,25,26,27). The van der Waals surface area contributed by atoms with E-state index in [-0.39, 0.29) is 11.6 Å². The molecule has 162 valence electrons. The second kappa shape index (κ2) is 11.4. The van der Waals surface area contributed by atoms with E-state index in [1.54, 1.807) is 0 Å². The highest BCUT2D eigenvalue weighted by Gasteiger charge is 2.22. The van der Waals surface area contributed by atoms with Crippen LogP contribution in [0.15, 0.2) is 47.5 Å². The lowest BCUT2D eigenvalue weighted by atomic mass is 10.0. The highest BCUT2D eigenvalue weighted by Crippen LogP contribution is 2.16. The molecule has 5 heteroatoms. The van der Waals surface area contributed by atoms with Crippen LogP contribution in [0.2, 0.25) is 0 Å². The van der Waals surface area contributed by atoms with E-state index >= 15 is 0 Å². The number of guanidine groups is 1. The first-order valence-electron chi connectivity index (χ1n) is 11.0. The molecule has 0 saturated carbocycles. The van der Waals surface area contributed by atoms with E-state index < -0.39 is 0 Å². The summed E-state index contributed by atoms with van der Waals surface area (Å²) in [5.74, 6) is 0.924. The van der Waals surface area contributed by atoms with Gasteiger partial charge in [0, 0.05) is 43.8 Å². The Bertz CT molecular complexity index is 644. The van der Waals surface area contributed by atoms with Crippen LogP contribution in [0.1, 0.15) is 59.1 Å². The summed E-state index contributed by atoms with van der Waals surface area (Å²) in [4.78, 5) is 7.39. The number of hydrogen-bond acceptors (Lipinski definition) is 3. The topological polar surface area (TPSA) is 51.7 Å². The zero-order valence-electron chi connectivity index (χ0n) is 19.1. The molecule has 5 nitrogen and oxygen atoms in total. The fourth-order valence-corrected chi connectivity index (χ4v) is 3.86. The van der Waals surface area contributed by atoms with Gasteiger partial charge in [-0.3, -0.25) is 9.89 Å². The van der Waals surface area contributed by atoms with Gasteiger partial charge < -0.3 is 16.0 Å². The number of nitrogens with one attached hydrogen (secondary N) is 3. The molecule has 1 aliphatic rings. The van der Waals surface area contributed by atoms with E-state index in [0.717, 1.165) is 45.0 Å². The van der Waals surface area contributed by atoms with Crippen LogP contribution in [-0.2, 0) is 0 Å². The number of benzene rings is 1. The average molecular weight is 400 g/mol. The molecule has 1 atom stereocenters. The van der Waals surface area contributed by atoms with E-state index in [2.05, 4.69) is 92.4 Å². The average Bonchev–Trinajstić information content (AvgIpc) is 2.68. The monoisotopic (exact) mass is 399 g/mol. The second-order valence-electron chi connectivity index (χ2n) is 9.01. The van der Waals surface area contributed by atoms with Gasteiger partial charge in [0.05, 0.1) is 6.54 Å². The van der Waals surface area contributed by atoms with Gasteiger partial charge in [-0.25, -0.2) is 0 Å². The summed E-state index contributed by atoms with van der Waals surface area (Å²) in [5.41, 5.74) is 2.45. The van der Waals surface area contributed by atoms with Crippen LogP contribution in [0.5, 0.6) is 0 Å². The zero-order chi connectivity index (χ0) is 21.3. The van der Waals surface area contributed by atoms with Crippen LogP contribution in [0.3, 0.4) is 0 Å². The van der Waals surface area contributed by atoms with Crippen LogP contribution in [0.25, 0.3) is 0 Å². The molecule has 0 radical (unpaired) electrons. The zero-order valence-corrected chi connectivity index (χ0v) is 19.1. The van der Waals surface area contributed by atoms with Gasteiger partial charge in [0.15, 0.2) is 5.96 Å². The molecule has 29 heavy (non-hydrogen) atoms. The molecule has 1 unspecified atom stereocenters.